The standard InChI is InChI=1S/C18H35NO/c1-3-19-14-18(15-20-2,16-10-6-4-7-11-16)17-12-8-5-9-13-17/h16-17,19H,3-15H2,1-2H3. The first-order chi connectivity index (χ1) is 9.83. The van der Waals surface area contributed by atoms with Crippen LogP contribution in [0.15, 0.2) is 0 Å². The van der Waals surface area contributed by atoms with Crippen LogP contribution in [-0.2, 0) is 4.74 Å². The van der Waals surface area contributed by atoms with E-state index in [1.807, 2.05) is 7.11 Å². The zero-order valence-electron chi connectivity index (χ0n) is 13.8. The van der Waals surface area contributed by atoms with Crippen molar-refractivity contribution in [1.29, 1.82) is 0 Å². The molecule has 0 aromatic carbocycles. The van der Waals surface area contributed by atoms with Crippen molar-refractivity contribution in [1.82, 2.24) is 5.32 Å². The number of rotatable bonds is 7. The number of hydrogen-bond donors (Lipinski definition) is 1. The lowest BCUT2D eigenvalue weighted by molar-refractivity contribution is -0.0425. The van der Waals surface area contributed by atoms with Crippen LogP contribution in [0.25, 0.3) is 0 Å². The van der Waals surface area contributed by atoms with E-state index < -0.39 is 0 Å². The Morgan fingerprint density at radius 2 is 1.40 bits per heavy atom. The average molecular weight is 281 g/mol. The summed E-state index contributed by atoms with van der Waals surface area (Å²) < 4.78 is 5.77. The van der Waals surface area contributed by atoms with Crippen molar-refractivity contribution in [2.45, 2.75) is 71.1 Å². The van der Waals surface area contributed by atoms with Gasteiger partial charge in [-0.3, -0.25) is 0 Å². The van der Waals surface area contributed by atoms with Crippen LogP contribution in [0, 0.1) is 17.3 Å². The Kier molecular flexibility index (Phi) is 6.83. The summed E-state index contributed by atoms with van der Waals surface area (Å²) in [6.07, 6.45) is 14.4. The number of methoxy groups -OCH3 is 1. The molecule has 0 atom stereocenters. The van der Waals surface area contributed by atoms with E-state index in [4.69, 9.17) is 4.74 Å². The van der Waals surface area contributed by atoms with Crippen molar-refractivity contribution in [3.63, 3.8) is 0 Å². The molecule has 0 spiro atoms. The minimum absolute atomic E-state index is 0.408. The van der Waals surface area contributed by atoms with Crippen molar-refractivity contribution in [2.75, 3.05) is 26.8 Å². The van der Waals surface area contributed by atoms with Crippen molar-refractivity contribution in [3.05, 3.63) is 0 Å². The zero-order chi connectivity index (χ0) is 14.3. The Balaban J connectivity index is 2.16. The molecular formula is C18H35NO. The maximum atomic E-state index is 5.77. The average Bonchev–Trinajstić information content (AvgIpc) is 2.53. The zero-order valence-corrected chi connectivity index (χ0v) is 13.8. The molecule has 0 radical (unpaired) electrons. The van der Waals surface area contributed by atoms with Crippen LogP contribution in [0.1, 0.15) is 71.1 Å². The van der Waals surface area contributed by atoms with E-state index in [1.54, 1.807) is 0 Å². The molecule has 2 aliphatic carbocycles. The van der Waals surface area contributed by atoms with Gasteiger partial charge in [0.2, 0.25) is 0 Å². The number of ether oxygens (including phenoxy) is 1. The fourth-order valence-electron chi connectivity index (χ4n) is 4.89. The summed E-state index contributed by atoms with van der Waals surface area (Å²) in [5, 5.41) is 3.69. The fourth-order valence-corrected chi connectivity index (χ4v) is 4.89. The molecule has 2 fully saturated rings. The molecule has 0 aliphatic heterocycles. The lowest BCUT2D eigenvalue weighted by Gasteiger charge is -2.49. The number of nitrogens with one attached hydrogen (secondary N) is 1. The third kappa shape index (κ3) is 3.76. The Bertz CT molecular complexity index is 236. The molecule has 2 aliphatic rings. The van der Waals surface area contributed by atoms with Gasteiger partial charge in [-0.15, -0.1) is 0 Å². The highest BCUT2D eigenvalue weighted by molar-refractivity contribution is 4.96. The van der Waals surface area contributed by atoms with Crippen LogP contribution >= 0.6 is 0 Å². The summed E-state index contributed by atoms with van der Waals surface area (Å²) in [7, 11) is 1.91. The van der Waals surface area contributed by atoms with Crippen LogP contribution in [-0.4, -0.2) is 26.8 Å². The number of hydrogen-bond acceptors (Lipinski definition) is 2. The maximum Gasteiger partial charge on any atom is 0.0536 e. The Morgan fingerprint density at radius 3 is 1.80 bits per heavy atom. The monoisotopic (exact) mass is 281 g/mol. The summed E-state index contributed by atoms with van der Waals surface area (Å²) in [5.41, 5.74) is 0.408. The molecule has 1 N–H and O–H groups in total. The molecule has 118 valence electrons. The predicted octanol–water partition coefficient (Wildman–Crippen LogP) is 4.39. The molecule has 0 aromatic rings. The van der Waals surface area contributed by atoms with Gasteiger partial charge in [-0.1, -0.05) is 45.4 Å². The van der Waals surface area contributed by atoms with E-state index in [0.29, 0.717) is 5.41 Å². The highest BCUT2D eigenvalue weighted by atomic mass is 16.5. The smallest absolute Gasteiger partial charge is 0.0536 e. The van der Waals surface area contributed by atoms with Gasteiger partial charge in [-0.05, 0) is 44.1 Å². The fraction of sp³-hybridized carbons (Fsp3) is 1.00. The molecule has 0 heterocycles. The molecule has 0 aromatic heterocycles. The van der Waals surface area contributed by atoms with Crippen LogP contribution in [0.3, 0.4) is 0 Å². The predicted molar refractivity (Wildman–Crippen MR) is 86.0 cm³/mol. The minimum atomic E-state index is 0.408. The normalized spacial score (nSPS) is 23.1. The molecule has 0 amide bonds. The van der Waals surface area contributed by atoms with Crippen LogP contribution < -0.4 is 5.32 Å². The summed E-state index contributed by atoms with van der Waals surface area (Å²) in [6.45, 7) is 5.46. The van der Waals surface area contributed by atoms with Gasteiger partial charge in [0.25, 0.3) is 0 Å². The molecule has 0 unspecified atom stereocenters. The van der Waals surface area contributed by atoms with E-state index >= 15 is 0 Å². The SMILES string of the molecule is CCNCC(COC)(C1CCCCC1)C1CCCCC1. The van der Waals surface area contributed by atoms with Crippen molar-refractivity contribution >= 4 is 0 Å². The lowest BCUT2D eigenvalue weighted by atomic mass is 9.59. The Labute approximate surface area is 126 Å². The first-order valence-electron chi connectivity index (χ1n) is 9.03. The highest BCUT2D eigenvalue weighted by Crippen LogP contribution is 2.48. The lowest BCUT2D eigenvalue weighted by Crippen LogP contribution is -2.50. The van der Waals surface area contributed by atoms with Gasteiger partial charge in [0.05, 0.1) is 6.61 Å². The van der Waals surface area contributed by atoms with Gasteiger partial charge < -0.3 is 10.1 Å². The van der Waals surface area contributed by atoms with E-state index in [-0.39, 0.29) is 0 Å². The molecule has 2 nitrogen and oxygen atoms in total. The van der Waals surface area contributed by atoms with Gasteiger partial charge in [0.1, 0.15) is 0 Å². The Hall–Kier alpha value is -0.0800. The summed E-state index contributed by atoms with van der Waals surface area (Å²) in [4.78, 5) is 0. The summed E-state index contributed by atoms with van der Waals surface area (Å²) >= 11 is 0. The summed E-state index contributed by atoms with van der Waals surface area (Å²) in [5.74, 6) is 1.77. The van der Waals surface area contributed by atoms with Crippen molar-refractivity contribution < 1.29 is 4.74 Å². The second kappa shape index (κ2) is 8.38. The topological polar surface area (TPSA) is 21.3 Å². The molecule has 0 saturated heterocycles. The second-order valence-corrected chi connectivity index (χ2v) is 7.12. The third-order valence-corrected chi connectivity index (χ3v) is 5.95. The third-order valence-electron chi connectivity index (χ3n) is 5.95. The van der Waals surface area contributed by atoms with E-state index in [0.717, 1.165) is 25.0 Å². The van der Waals surface area contributed by atoms with Gasteiger partial charge in [-0.2, -0.15) is 0 Å². The second-order valence-electron chi connectivity index (χ2n) is 7.12. The van der Waals surface area contributed by atoms with Crippen molar-refractivity contribution in [2.24, 2.45) is 17.3 Å². The molecule has 2 heteroatoms. The van der Waals surface area contributed by atoms with Gasteiger partial charge >= 0.3 is 0 Å². The molecular weight excluding hydrogens is 246 g/mol. The van der Waals surface area contributed by atoms with Gasteiger partial charge in [0.15, 0.2) is 0 Å². The minimum Gasteiger partial charge on any atom is -0.384 e. The largest absolute Gasteiger partial charge is 0.384 e. The quantitative estimate of drug-likeness (QED) is 0.747. The van der Waals surface area contributed by atoms with E-state index in [9.17, 15) is 0 Å². The van der Waals surface area contributed by atoms with E-state index in [1.165, 1.54) is 70.8 Å². The molecule has 2 saturated carbocycles. The highest BCUT2D eigenvalue weighted by Gasteiger charge is 2.45. The van der Waals surface area contributed by atoms with Crippen LogP contribution in [0.5, 0.6) is 0 Å². The molecule has 0 bridgehead atoms. The first kappa shape index (κ1) is 16.3. The van der Waals surface area contributed by atoms with E-state index in [2.05, 4.69) is 12.2 Å². The maximum absolute atomic E-state index is 5.77. The summed E-state index contributed by atoms with van der Waals surface area (Å²) in [6, 6.07) is 0. The Morgan fingerprint density at radius 1 is 0.900 bits per heavy atom. The van der Waals surface area contributed by atoms with Crippen LogP contribution in [0.4, 0.5) is 0 Å². The van der Waals surface area contributed by atoms with Gasteiger partial charge in [-0.25, -0.2) is 0 Å². The molecule has 2 rings (SSSR count). The van der Waals surface area contributed by atoms with Crippen molar-refractivity contribution in [3.8, 4) is 0 Å². The van der Waals surface area contributed by atoms with Crippen LogP contribution in [0.2, 0.25) is 0 Å². The first-order valence-corrected chi connectivity index (χ1v) is 9.03. The molecule has 20 heavy (non-hydrogen) atoms. The van der Waals surface area contributed by atoms with Gasteiger partial charge in [0, 0.05) is 19.1 Å².